The molecule has 2 aromatic carbocycles. The quantitative estimate of drug-likeness (QED) is 0.892. The van der Waals surface area contributed by atoms with Crippen LogP contribution in [0.15, 0.2) is 54.6 Å². The van der Waals surface area contributed by atoms with Crippen LogP contribution in [0, 0.1) is 0 Å². The van der Waals surface area contributed by atoms with Crippen LogP contribution in [0.5, 0.6) is 0 Å². The summed E-state index contributed by atoms with van der Waals surface area (Å²) in [4.78, 5) is 25.6. The van der Waals surface area contributed by atoms with Crippen LogP contribution >= 0.6 is 0 Å². The standard InChI is InChI=1S/C18H19N3O2/c19-16(22)11-21-15-9-5-4-8-13(15)10-14(17(20)18(21)23)12-6-2-1-3-7-12/h1-9,14,17H,10-11,20H2,(H2,19,22). The number of benzene rings is 2. The molecule has 0 saturated heterocycles. The lowest BCUT2D eigenvalue weighted by Gasteiger charge is -2.25. The minimum absolute atomic E-state index is 0.136. The van der Waals surface area contributed by atoms with Gasteiger partial charge in [0.25, 0.3) is 0 Å². The maximum Gasteiger partial charge on any atom is 0.245 e. The van der Waals surface area contributed by atoms with Crippen molar-refractivity contribution in [2.45, 2.75) is 18.4 Å². The van der Waals surface area contributed by atoms with Crippen LogP contribution in [0.4, 0.5) is 5.69 Å². The number of hydrogen-bond acceptors (Lipinski definition) is 3. The number of carbonyl (C=O) groups is 2. The summed E-state index contributed by atoms with van der Waals surface area (Å²) in [7, 11) is 0. The number of hydrogen-bond donors (Lipinski definition) is 2. The molecule has 2 unspecified atom stereocenters. The summed E-state index contributed by atoms with van der Waals surface area (Å²) in [6, 6.07) is 16.6. The van der Waals surface area contributed by atoms with Gasteiger partial charge in [-0.2, -0.15) is 0 Å². The van der Waals surface area contributed by atoms with Crippen LogP contribution in [-0.4, -0.2) is 24.4 Å². The Morgan fingerprint density at radius 2 is 1.74 bits per heavy atom. The van der Waals surface area contributed by atoms with Gasteiger partial charge in [-0.15, -0.1) is 0 Å². The first-order valence-electron chi connectivity index (χ1n) is 7.56. The van der Waals surface area contributed by atoms with E-state index < -0.39 is 11.9 Å². The Hall–Kier alpha value is -2.66. The van der Waals surface area contributed by atoms with E-state index >= 15 is 0 Å². The third-order valence-electron chi connectivity index (χ3n) is 4.25. The molecule has 4 N–H and O–H groups in total. The highest BCUT2D eigenvalue weighted by atomic mass is 16.2. The molecule has 1 aliphatic heterocycles. The number of carbonyl (C=O) groups excluding carboxylic acids is 2. The normalized spacial score (nSPS) is 20.7. The van der Waals surface area contributed by atoms with Gasteiger partial charge in [-0.25, -0.2) is 0 Å². The van der Waals surface area contributed by atoms with Gasteiger partial charge in [0.1, 0.15) is 6.54 Å². The van der Waals surface area contributed by atoms with Crippen molar-refractivity contribution in [3.63, 3.8) is 0 Å². The van der Waals surface area contributed by atoms with Gasteiger partial charge in [0.15, 0.2) is 0 Å². The van der Waals surface area contributed by atoms with Crippen LogP contribution in [0.25, 0.3) is 0 Å². The fourth-order valence-corrected chi connectivity index (χ4v) is 3.13. The summed E-state index contributed by atoms with van der Waals surface area (Å²) in [5, 5.41) is 0. The number of nitrogens with zero attached hydrogens (tertiary/aromatic N) is 1. The number of rotatable bonds is 3. The topological polar surface area (TPSA) is 89.4 Å². The zero-order valence-corrected chi connectivity index (χ0v) is 12.7. The molecule has 0 aromatic heterocycles. The van der Waals surface area contributed by atoms with E-state index in [2.05, 4.69) is 0 Å². The summed E-state index contributed by atoms with van der Waals surface area (Å²) in [5.74, 6) is -0.969. The Labute approximate surface area is 134 Å². The number of anilines is 1. The second-order valence-electron chi connectivity index (χ2n) is 5.77. The van der Waals surface area contributed by atoms with Crippen molar-refractivity contribution in [2.24, 2.45) is 11.5 Å². The first-order valence-corrected chi connectivity index (χ1v) is 7.56. The predicted octanol–water partition coefficient (Wildman–Crippen LogP) is 1.17. The SMILES string of the molecule is NC(=O)CN1C(=O)C(N)C(c2ccccc2)Cc2ccccc21. The van der Waals surface area contributed by atoms with E-state index in [1.165, 1.54) is 4.90 Å². The molecule has 0 aliphatic carbocycles. The Balaban J connectivity index is 2.07. The van der Waals surface area contributed by atoms with E-state index in [0.717, 1.165) is 11.1 Å². The van der Waals surface area contributed by atoms with Crippen molar-refractivity contribution in [3.05, 3.63) is 65.7 Å². The smallest absolute Gasteiger partial charge is 0.245 e. The third-order valence-corrected chi connectivity index (χ3v) is 4.25. The van der Waals surface area contributed by atoms with Gasteiger partial charge in [0.05, 0.1) is 6.04 Å². The first kappa shape index (κ1) is 15.2. The lowest BCUT2D eigenvalue weighted by Crippen LogP contribution is -2.48. The zero-order chi connectivity index (χ0) is 16.4. The molecule has 0 radical (unpaired) electrons. The monoisotopic (exact) mass is 309 g/mol. The third kappa shape index (κ3) is 2.96. The Bertz CT molecular complexity index is 730. The minimum atomic E-state index is -0.718. The van der Waals surface area contributed by atoms with E-state index in [9.17, 15) is 9.59 Å². The predicted molar refractivity (Wildman–Crippen MR) is 88.9 cm³/mol. The van der Waals surface area contributed by atoms with Crippen molar-refractivity contribution in [2.75, 3.05) is 11.4 Å². The molecule has 0 fully saturated rings. The first-order chi connectivity index (χ1) is 11.1. The van der Waals surface area contributed by atoms with Crippen molar-refractivity contribution in [3.8, 4) is 0 Å². The average molecular weight is 309 g/mol. The molecule has 1 heterocycles. The van der Waals surface area contributed by atoms with Crippen molar-refractivity contribution in [1.82, 2.24) is 0 Å². The van der Waals surface area contributed by atoms with Crippen molar-refractivity contribution < 1.29 is 9.59 Å². The molecule has 1 aliphatic rings. The van der Waals surface area contributed by atoms with Crippen molar-refractivity contribution >= 4 is 17.5 Å². The highest BCUT2D eigenvalue weighted by molar-refractivity contribution is 6.03. The van der Waals surface area contributed by atoms with Gasteiger partial charge in [0, 0.05) is 11.6 Å². The van der Waals surface area contributed by atoms with E-state index in [0.29, 0.717) is 12.1 Å². The minimum Gasteiger partial charge on any atom is -0.368 e. The summed E-state index contributed by atoms with van der Waals surface area (Å²) in [5.41, 5.74) is 14.3. The summed E-state index contributed by atoms with van der Waals surface area (Å²) < 4.78 is 0. The molecular weight excluding hydrogens is 290 g/mol. The molecule has 0 spiro atoms. The van der Waals surface area contributed by atoms with Crippen LogP contribution in [-0.2, 0) is 16.0 Å². The van der Waals surface area contributed by atoms with Gasteiger partial charge in [0.2, 0.25) is 11.8 Å². The van der Waals surface area contributed by atoms with Gasteiger partial charge >= 0.3 is 0 Å². The molecule has 118 valence electrons. The van der Waals surface area contributed by atoms with Crippen LogP contribution in [0.1, 0.15) is 17.0 Å². The fourth-order valence-electron chi connectivity index (χ4n) is 3.13. The zero-order valence-electron chi connectivity index (χ0n) is 12.7. The second-order valence-corrected chi connectivity index (χ2v) is 5.77. The van der Waals surface area contributed by atoms with E-state index in [4.69, 9.17) is 11.5 Å². The summed E-state index contributed by atoms with van der Waals surface area (Å²) in [6.45, 7) is -0.162. The fraction of sp³-hybridized carbons (Fsp3) is 0.222. The molecule has 2 amide bonds. The highest BCUT2D eigenvalue weighted by Crippen LogP contribution is 2.33. The molecular formula is C18H19N3O2. The van der Waals surface area contributed by atoms with Gasteiger partial charge in [-0.05, 0) is 23.6 Å². The van der Waals surface area contributed by atoms with Crippen molar-refractivity contribution in [1.29, 1.82) is 0 Å². The van der Waals surface area contributed by atoms with E-state index in [1.807, 2.05) is 54.6 Å². The summed E-state index contributed by atoms with van der Waals surface area (Å²) >= 11 is 0. The van der Waals surface area contributed by atoms with Crippen LogP contribution in [0.2, 0.25) is 0 Å². The molecule has 3 rings (SSSR count). The lowest BCUT2D eigenvalue weighted by atomic mass is 9.87. The maximum absolute atomic E-state index is 12.8. The molecule has 0 saturated carbocycles. The number of para-hydroxylation sites is 1. The van der Waals surface area contributed by atoms with Crippen LogP contribution in [0.3, 0.4) is 0 Å². The largest absolute Gasteiger partial charge is 0.368 e. The molecule has 2 aromatic rings. The van der Waals surface area contributed by atoms with Gasteiger partial charge in [-0.1, -0.05) is 48.5 Å². The number of primary amides is 1. The molecule has 0 bridgehead atoms. The lowest BCUT2D eigenvalue weighted by molar-refractivity contribution is -0.123. The highest BCUT2D eigenvalue weighted by Gasteiger charge is 2.35. The van der Waals surface area contributed by atoms with E-state index in [-0.39, 0.29) is 18.4 Å². The molecule has 5 heteroatoms. The molecule has 2 atom stereocenters. The second kappa shape index (κ2) is 6.22. The Kier molecular flexibility index (Phi) is 4.12. The molecule has 23 heavy (non-hydrogen) atoms. The number of amides is 2. The van der Waals surface area contributed by atoms with E-state index in [1.54, 1.807) is 0 Å². The Morgan fingerprint density at radius 3 is 2.43 bits per heavy atom. The maximum atomic E-state index is 12.8. The summed E-state index contributed by atoms with van der Waals surface area (Å²) in [6.07, 6.45) is 0.641. The average Bonchev–Trinajstić information content (AvgIpc) is 2.66. The Morgan fingerprint density at radius 1 is 1.09 bits per heavy atom. The molecule has 5 nitrogen and oxygen atoms in total. The van der Waals surface area contributed by atoms with Gasteiger partial charge in [-0.3, -0.25) is 9.59 Å². The number of nitrogens with two attached hydrogens (primary N) is 2. The van der Waals surface area contributed by atoms with Gasteiger partial charge < -0.3 is 16.4 Å². The van der Waals surface area contributed by atoms with Crippen LogP contribution < -0.4 is 16.4 Å². The number of fused-ring (bicyclic) bond motifs is 1.